The maximum Gasteiger partial charge on any atom is 0.220 e. The predicted octanol–water partition coefficient (Wildman–Crippen LogP) is 3.65. The van der Waals surface area contributed by atoms with Crippen molar-refractivity contribution in [2.45, 2.75) is 88.3 Å². The van der Waals surface area contributed by atoms with Crippen LogP contribution in [-0.4, -0.2) is 41.6 Å². The van der Waals surface area contributed by atoms with Gasteiger partial charge in [0.05, 0.1) is 0 Å². The average Bonchev–Trinajstić information content (AvgIpc) is 3.45. The third-order valence-electron chi connectivity index (χ3n) is 6.23. The lowest BCUT2D eigenvalue weighted by Gasteiger charge is -2.48. The highest BCUT2D eigenvalue weighted by Gasteiger charge is 2.40. The Morgan fingerprint density at radius 2 is 1.72 bits per heavy atom. The van der Waals surface area contributed by atoms with E-state index in [1.165, 1.54) is 64.5 Å². The van der Waals surface area contributed by atoms with E-state index in [4.69, 9.17) is 6.42 Å². The van der Waals surface area contributed by atoms with Gasteiger partial charge in [-0.2, -0.15) is 10.2 Å². The smallest absolute Gasteiger partial charge is 0.220 e. The summed E-state index contributed by atoms with van der Waals surface area (Å²) in [6.07, 6.45) is 18.3. The van der Waals surface area contributed by atoms with E-state index in [0.717, 1.165) is 13.0 Å². The van der Waals surface area contributed by atoms with Crippen molar-refractivity contribution in [3.8, 4) is 12.3 Å². The number of nitrogens with one attached hydrogen (secondary N) is 1. The monoisotopic (exact) mass is 344 g/mol. The Morgan fingerprint density at radius 1 is 1.04 bits per heavy atom. The first kappa shape index (κ1) is 18.4. The van der Waals surface area contributed by atoms with Crippen LogP contribution in [0.3, 0.4) is 0 Å². The second kappa shape index (κ2) is 8.31. The highest BCUT2D eigenvalue weighted by molar-refractivity contribution is 5.76. The molecule has 0 atom stereocenters. The van der Waals surface area contributed by atoms with Crippen LogP contribution in [0.4, 0.5) is 0 Å². The molecule has 0 radical (unpaired) electrons. The van der Waals surface area contributed by atoms with Gasteiger partial charge in [-0.15, -0.1) is 12.3 Å². The van der Waals surface area contributed by atoms with E-state index in [1.807, 2.05) is 0 Å². The second-order valence-electron chi connectivity index (χ2n) is 8.00. The van der Waals surface area contributed by atoms with Crippen LogP contribution in [-0.2, 0) is 4.79 Å². The second-order valence-corrected chi connectivity index (χ2v) is 8.00. The molecule has 0 spiro atoms. The normalized spacial score (nSPS) is 24.4. The fraction of sp³-hybridized carbons (Fsp3) is 0.850. The molecule has 3 aliphatic rings. The Labute approximate surface area is 152 Å². The number of carbonyl (C=O) groups is 1. The fourth-order valence-electron chi connectivity index (χ4n) is 4.52. The van der Waals surface area contributed by atoms with Crippen LogP contribution >= 0.6 is 0 Å². The first-order chi connectivity index (χ1) is 12.2. The fourth-order valence-corrected chi connectivity index (χ4v) is 4.52. The van der Waals surface area contributed by atoms with Gasteiger partial charge in [0, 0.05) is 37.8 Å². The van der Waals surface area contributed by atoms with E-state index < -0.39 is 0 Å². The van der Waals surface area contributed by atoms with Gasteiger partial charge in [0.2, 0.25) is 5.91 Å². The molecule has 2 heterocycles. The minimum Gasteiger partial charge on any atom is -0.354 e. The van der Waals surface area contributed by atoms with Crippen LogP contribution < -0.4 is 5.32 Å². The maximum atomic E-state index is 12.4. The number of carbonyl (C=O) groups excluding carboxylic acids is 1. The molecule has 0 aromatic rings. The SMILES string of the molecule is C#CCCC1(CCC(=O)NCC2(N3CCCCC3)CCCCC2)N=N1. The minimum atomic E-state index is -0.348. The average molecular weight is 345 g/mol. The molecule has 138 valence electrons. The summed E-state index contributed by atoms with van der Waals surface area (Å²) >= 11 is 0. The van der Waals surface area contributed by atoms with Crippen molar-refractivity contribution in [1.82, 2.24) is 10.2 Å². The van der Waals surface area contributed by atoms with Gasteiger partial charge in [-0.25, -0.2) is 0 Å². The van der Waals surface area contributed by atoms with E-state index in [-0.39, 0.29) is 17.1 Å². The highest BCUT2D eigenvalue weighted by Crippen LogP contribution is 2.38. The highest BCUT2D eigenvalue weighted by atomic mass is 16.1. The topological polar surface area (TPSA) is 57.1 Å². The standard InChI is InChI=1S/C20H32N4O/c1-2-3-13-20(22-23-20)14-10-18(25)21-17-19(11-6-4-7-12-19)24-15-8-5-9-16-24/h1H,3-17H2,(H,21,25). The third kappa shape index (κ3) is 4.82. The van der Waals surface area contributed by atoms with Crippen molar-refractivity contribution in [3.05, 3.63) is 0 Å². The largest absolute Gasteiger partial charge is 0.354 e. The molecule has 0 unspecified atom stereocenters. The summed E-state index contributed by atoms with van der Waals surface area (Å²) in [6, 6.07) is 0. The van der Waals surface area contributed by atoms with Crippen molar-refractivity contribution in [2.24, 2.45) is 10.2 Å². The number of terminal acetylenes is 1. The zero-order valence-corrected chi connectivity index (χ0v) is 15.4. The summed E-state index contributed by atoms with van der Waals surface area (Å²) in [5.41, 5.74) is -0.150. The third-order valence-corrected chi connectivity index (χ3v) is 6.23. The molecule has 1 amide bonds. The number of nitrogens with zero attached hydrogens (tertiary/aromatic N) is 3. The Morgan fingerprint density at radius 3 is 2.36 bits per heavy atom. The van der Waals surface area contributed by atoms with Crippen LogP contribution in [0.25, 0.3) is 0 Å². The molecule has 0 aromatic heterocycles. The molecule has 5 nitrogen and oxygen atoms in total. The van der Waals surface area contributed by atoms with Crippen molar-refractivity contribution < 1.29 is 4.79 Å². The molecule has 1 saturated carbocycles. The quantitative estimate of drug-likeness (QED) is 0.683. The Kier molecular flexibility index (Phi) is 6.11. The summed E-state index contributed by atoms with van der Waals surface area (Å²) in [6.45, 7) is 3.20. The zero-order chi connectivity index (χ0) is 17.6. The summed E-state index contributed by atoms with van der Waals surface area (Å²) in [7, 11) is 0. The molecule has 1 aliphatic carbocycles. The molecular formula is C20H32N4O. The van der Waals surface area contributed by atoms with E-state index in [0.29, 0.717) is 19.3 Å². The number of rotatable bonds is 8. The predicted molar refractivity (Wildman–Crippen MR) is 99.1 cm³/mol. The van der Waals surface area contributed by atoms with Crippen LogP contribution in [0, 0.1) is 12.3 Å². The van der Waals surface area contributed by atoms with Crippen molar-refractivity contribution in [2.75, 3.05) is 19.6 Å². The molecule has 0 aromatic carbocycles. The number of hydrogen-bond acceptors (Lipinski definition) is 4. The van der Waals surface area contributed by atoms with Crippen molar-refractivity contribution in [1.29, 1.82) is 0 Å². The molecule has 1 N–H and O–H groups in total. The lowest BCUT2D eigenvalue weighted by molar-refractivity contribution is -0.122. The van der Waals surface area contributed by atoms with E-state index in [9.17, 15) is 4.79 Å². The molecule has 1 saturated heterocycles. The lowest BCUT2D eigenvalue weighted by Crippen LogP contribution is -2.58. The Bertz CT molecular complexity index is 518. The molecule has 2 fully saturated rings. The molecule has 0 bridgehead atoms. The van der Waals surface area contributed by atoms with E-state index >= 15 is 0 Å². The number of piperidine rings is 1. The van der Waals surface area contributed by atoms with Gasteiger partial charge >= 0.3 is 0 Å². The number of likely N-dealkylation sites (tertiary alicyclic amines) is 1. The summed E-state index contributed by atoms with van der Waals surface area (Å²) < 4.78 is 0. The first-order valence-corrected chi connectivity index (χ1v) is 10.1. The maximum absolute atomic E-state index is 12.4. The zero-order valence-electron chi connectivity index (χ0n) is 15.4. The number of hydrogen-bond donors (Lipinski definition) is 1. The lowest BCUT2D eigenvalue weighted by atomic mass is 9.79. The summed E-state index contributed by atoms with van der Waals surface area (Å²) in [5.74, 6) is 2.77. The first-order valence-electron chi connectivity index (χ1n) is 10.1. The van der Waals surface area contributed by atoms with Gasteiger partial charge in [-0.1, -0.05) is 25.7 Å². The van der Waals surface area contributed by atoms with Gasteiger partial charge in [0.1, 0.15) is 0 Å². The van der Waals surface area contributed by atoms with E-state index in [2.05, 4.69) is 26.4 Å². The van der Waals surface area contributed by atoms with Gasteiger partial charge in [-0.05, 0) is 38.8 Å². The van der Waals surface area contributed by atoms with Crippen LogP contribution in [0.15, 0.2) is 10.2 Å². The van der Waals surface area contributed by atoms with Crippen molar-refractivity contribution in [3.63, 3.8) is 0 Å². The minimum absolute atomic E-state index is 0.138. The molecule has 3 rings (SSSR count). The molecule has 2 aliphatic heterocycles. The van der Waals surface area contributed by atoms with Gasteiger partial charge in [0.15, 0.2) is 5.66 Å². The van der Waals surface area contributed by atoms with Crippen LogP contribution in [0.2, 0.25) is 0 Å². The van der Waals surface area contributed by atoms with Crippen molar-refractivity contribution >= 4 is 5.91 Å². The Balaban J connectivity index is 1.47. The summed E-state index contributed by atoms with van der Waals surface area (Å²) in [4.78, 5) is 15.1. The van der Waals surface area contributed by atoms with Gasteiger partial charge in [0.25, 0.3) is 0 Å². The van der Waals surface area contributed by atoms with Crippen LogP contribution in [0.5, 0.6) is 0 Å². The van der Waals surface area contributed by atoms with Crippen LogP contribution in [0.1, 0.15) is 77.0 Å². The number of amides is 1. The molecule has 5 heteroatoms. The van der Waals surface area contributed by atoms with Gasteiger partial charge in [-0.3, -0.25) is 9.69 Å². The van der Waals surface area contributed by atoms with E-state index in [1.54, 1.807) is 0 Å². The Hall–Kier alpha value is -1.41. The summed E-state index contributed by atoms with van der Waals surface area (Å²) in [5, 5.41) is 11.5. The molecule has 25 heavy (non-hydrogen) atoms. The van der Waals surface area contributed by atoms with Gasteiger partial charge < -0.3 is 5.32 Å². The molecular weight excluding hydrogens is 312 g/mol.